The molecule has 8 nitrogen and oxygen atoms in total. The van der Waals surface area contributed by atoms with Crippen LogP contribution in [0.15, 0.2) is 0 Å². The van der Waals surface area contributed by atoms with Crippen LogP contribution in [0.2, 0.25) is 0 Å². The number of hydrogen-bond donors (Lipinski definition) is 1. The first kappa shape index (κ1) is 17.4. The molecular weight excluding hydrogens is 284 g/mol. The van der Waals surface area contributed by atoms with E-state index in [1.54, 1.807) is 0 Å². The van der Waals surface area contributed by atoms with E-state index in [1.165, 1.54) is 0 Å². The Morgan fingerprint density at radius 1 is 1.06 bits per heavy atom. The average molecular weight is 302 g/mol. The third-order valence-electron chi connectivity index (χ3n) is 2.58. The van der Waals surface area contributed by atoms with E-state index in [-0.39, 0.29) is 5.75 Å². The Morgan fingerprint density at radius 3 is 1.78 bits per heavy atom. The van der Waals surface area contributed by atoms with E-state index >= 15 is 0 Å². The highest BCUT2D eigenvalue weighted by Gasteiger charge is 2.16. The fourth-order valence-corrected chi connectivity index (χ4v) is 2.06. The highest BCUT2D eigenvalue weighted by atomic mass is 32.2. The van der Waals surface area contributed by atoms with Gasteiger partial charge in [-0.05, 0) is 6.54 Å². The zero-order valence-electron chi connectivity index (χ0n) is 10.1. The summed E-state index contributed by atoms with van der Waals surface area (Å²) in [5.74, 6) is -0.154. The Morgan fingerprint density at radius 2 is 1.44 bits per heavy atom. The molecule has 1 N–H and O–H groups in total. The second kappa shape index (κ2) is 8.53. The normalized spacial score (nSPS) is 17.9. The summed E-state index contributed by atoms with van der Waals surface area (Å²) in [5, 5.41) is 0. The molecule has 1 fully saturated rings. The van der Waals surface area contributed by atoms with Crippen molar-refractivity contribution in [3.05, 3.63) is 0 Å². The van der Waals surface area contributed by atoms with Gasteiger partial charge in [0.25, 0.3) is 10.1 Å². The molecule has 0 unspecified atom stereocenters. The van der Waals surface area contributed by atoms with Crippen LogP contribution in [-0.4, -0.2) is 80.4 Å². The summed E-state index contributed by atoms with van der Waals surface area (Å²) < 4.78 is 54.9. The van der Waals surface area contributed by atoms with Crippen LogP contribution >= 0.6 is 0 Å². The van der Waals surface area contributed by atoms with Crippen molar-refractivity contribution in [2.24, 2.45) is 0 Å². The summed E-state index contributed by atoms with van der Waals surface area (Å²) in [4.78, 5) is 4.39. The quantitative estimate of drug-likeness (QED) is 0.625. The lowest BCUT2D eigenvalue weighted by atomic mass is 10.3. The first-order chi connectivity index (χ1) is 8.24. The van der Waals surface area contributed by atoms with E-state index in [0.29, 0.717) is 6.54 Å². The van der Waals surface area contributed by atoms with E-state index in [0.717, 1.165) is 32.7 Å². The molecule has 1 aliphatic rings. The van der Waals surface area contributed by atoms with E-state index in [1.807, 2.05) is 0 Å². The van der Waals surface area contributed by atoms with E-state index in [4.69, 9.17) is 17.2 Å². The molecule has 1 rings (SSSR count). The molecule has 1 saturated heterocycles. The predicted molar refractivity (Wildman–Crippen MR) is 64.7 cm³/mol. The molecule has 10 heteroatoms. The van der Waals surface area contributed by atoms with Crippen LogP contribution in [-0.2, 0) is 20.7 Å². The molecule has 0 amide bonds. The monoisotopic (exact) mass is 302 g/mol. The maximum absolute atomic E-state index is 10.5. The minimum absolute atomic E-state index is 0.154. The Hall–Kier alpha value is -0.550. The molecule has 0 aromatic rings. The van der Waals surface area contributed by atoms with E-state index in [9.17, 15) is 8.42 Å². The lowest BCUT2D eigenvalue weighted by Gasteiger charge is -2.33. The van der Waals surface area contributed by atoms with Crippen molar-refractivity contribution in [2.45, 2.75) is 6.92 Å². The van der Waals surface area contributed by atoms with E-state index in [2.05, 4.69) is 16.7 Å². The smallest absolute Gasteiger partial charge is 0.301 e. The molecular formula is C8H18N2O6S2. The molecule has 1 aliphatic heterocycles. The number of rotatable bonds is 4. The Balaban J connectivity index is 0.000000631. The maximum atomic E-state index is 10.5. The van der Waals surface area contributed by atoms with Gasteiger partial charge in [-0.2, -0.15) is 8.42 Å². The van der Waals surface area contributed by atoms with Gasteiger partial charge < -0.3 is 4.90 Å². The van der Waals surface area contributed by atoms with Crippen LogP contribution in [0, 0.1) is 0 Å². The fourth-order valence-electron chi connectivity index (χ4n) is 1.57. The lowest BCUT2D eigenvalue weighted by Crippen LogP contribution is -2.47. The number of likely N-dealkylation sites (N-methyl/N-ethyl adjacent to an activating group) is 1. The SMILES string of the molecule is CCN1CCN(CCS(=O)(=O)O)CC1.O=S(=O)=O. The summed E-state index contributed by atoms with van der Waals surface area (Å²) in [6, 6.07) is 0. The second-order valence-electron chi connectivity index (χ2n) is 3.77. The van der Waals surface area contributed by atoms with Gasteiger partial charge in [0.2, 0.25) is 0 Å². The van der Waals surface area contributed by atoms with Crippen molar-refractivity contribution in [1.29, 1.82) is 0 Å². The molecule has 0 spiro atoms. The molecule has 0 aromatic carbocycles. The maximum Gasteiger partial charge on any atom is 0.425 e. The van der Waals surface area contributed by atoms with Crippen LogP contribution in [0.1, 0.15) is 6.92 Å². The molecule has 0 aliphatic carbocycles. The molecule has 18 heavy (non-hydrogen) atoms. The van der Waals surface area contributed by atoms with Crippen LogP contribution in [0.5, 0.6) is 0 Å². The van der Waals surface area contributed by atoms with Crippen LogP contribution in [0.4, 0.5) is 0 Å². The average Bonchev–Trinajstić information content (AvgIpc) is 2.25. The third kappa shape index (κ3) is 10.6. The molecule has 0 saturated carbocycles. The Labute approximate surface area is 108 Å². The molecule has 108 valence electrons. The molecule has 0 radical (unpaired) electrons. The molecule has 0 bridgehead atoms. The summed E-state index contributed by atoms with van der Waals surface area (Å²) in [5.41, 5.74) is 0. The van der Waals surface area contributed by atoms with E-state index < -0.39 is 20.7 Å². The topological polar surface area (TPSA) is 112 Å². The van der Waals surface area contributed by atoms with Gasteiger partial charge in [0.15, 0.2) is 0 Å². The van der Waals surface area contributed by atoms with Crippen molar-refractivity contribution in [2.75, 3.05) is 45.0 Å². The molecule has 0 atom stereocenters. The van der Waals surface area contributed by atoms with Gasteiger partial charge in [0, 0.05) is 32.7 Å². The zero-order valence-corrected chi connectivity index (χ0v) is 11.8. The van der Waals surface area contributed by atoms with Gasteiger partial charge in [-0.25, -0.2) is 0 Å². The minimum atomic E-state index is -3.80. The summed E-state index contributed by atoms with van der Waals surface area (Å²) in [6.45, 7) is 7.37. The standard InChI is InChI=1S/C8H18N2O3S.O3S/c1-2-9-3-5-10(6-4-9)7-8-14(11,12)13;1-4(2)3/h2-8H2,1H3,(H,11,12,13);. The summed E-state index contributed by atoms with van der Waals surface area (Å²) in [7, 11) is -6.91. The van der Waals surface area contributed by atoms with Gasteiger partial charge in [0.05, 0.1) is 5.75 Å². The Bertz CT molecular complexity index is 416. The van der Waals surface area contributed by atoms with Crippen LogP contribution < -0.4 is 0 Å². The highest BCUT2D eigenvalue weighted by molar-refractivity contribution is 7.85. The van der Waals surface area contributed by atoms with Gasteiger partial charge in [0.1, 0.15) is 0 Å². The predicted octanol–water partition coefficient (Wildman–Crippen LogP) is -1.49. The molecule has 0 aromatic heterocycles. The summed E-state index contributed by atoms with van der Waals surface area (Å²) in [6.07, 6.45) is 0. The number of hydrogen-bond acceptors (Lipinski definition) is 7. The van der Waals surface area contributed by atoms with Crippen LogP contribution in [0.3, 0.4) is 0 Å². The minimum Gasteiger partial charge on any atom is -0.301 e. The second-order valence-corrected chi connectivity index (χ2v) is 5.75. The van der Waals surface area contributed by atoms with Crippen molar-refractivity contribution in [3.8, 4) is 0 Å². The van der Waals surface area contributed by atoms with Crippen LogP contribution in [0.25, 0.3) is 0 Å². The summed E-state index contributed by atoms with van der Waals surface area (Å²) >= 11 is 0. The lowest BCUT2D eigenvalue weighted by molar-refractivity contribution is 0.142. The third-order valence-corrected chi connectivity index (χ3v) is 3.28. The highest BCUT2D eigenvalue weighted by Crippen LogP contribution is 2.01. The number of nitrogens with zero attached hydrogens (tertiary/aromatic N) is 2. The van der Waals surface area contributed by atoms with Gasteiger partial charge in [-0.3, -0.25) is 9.45 Å². The van der Waals surface area contributed by atoms with Gasteiger partial charge in [-0.1, -0.05) is 6.92 Å². The van der Waals surface area contributed by atoms with Gasteiger partial charge in [-0.15, -0.1) is 12.6 Å². The van der Waals surface area contributed by atoms with Crippen molar-refractivity contribution >= 4 is 20.7 Å². The van der Waals surface area contributed by atoms with Crippen molar-refractivity contribution in [1.82, 2.24) is 9.80 Å². The zero-order chi connectivity index (χ0) is 14.2. The van der Waals surface area contributed by atoms with Crippen molar-refractivity contribution < 1.29 is 25.6 Å². The Kier molecular flexibility index (Phi) is 8.27. The molecule has 1 heterocycles. The first-order valence-electron chi connectivity index (χ1n) is 5.41. The van der Waals surface area contributed by atoms with Gasteiger partial charge >= 0.3 is 10.6 Å². The fraction of sp³-hybridized carbons (Fsp3) is 1.00. The largest absolute Gasteiger partial charge is 0.425 e. The first-order valence-corrected chi connectivity index (χ1v) is 8.02. The van der Waals surface area contributed by atoms with Crippen molar-refractivity contribution in [3.63, 3.8) is 0 Å². The number of piperazine rings is 1.